The lowest BCUT2D eigenvalue weighted by atomic mass is 9.96. The van der Waals surface area contributed by atoms with Crippen LogP contribution in [0.15, 0.2) is 46.1 Å². The predicted octanol–water partition coefficient (Wildman–Crippen LogP) is 4.00. The van der Waals surface area contributed by atoms with Crippen LogP contribution < -0.4 is 10.6 Å². The minimum absolute atomic E-state index is 0. The van der Waals surface area contributed by atoms with E-state index < -0.39 is 5.60 Å². The number of hydrogen-bond acceptors (Lipinski definition) is 3. The lowest BCUT2D eigenvalue weighted by molar-refractivity contribution is 0.0677. The van der Waals surface area contributed by atoms with Gasteiger partial charge >= 0.3 is 0 Å². The van der Waals surface area contributed by atoms with Crippen molar-refractivity contribution in [2.24, 2.45) is 4.99 Å². The van der Waals surface area contributed by atoms with Crippen molar-refractivity contribution in [3.63, 3.8) is 0 Å². The average Bonchev–Trinajstić information content (AvgIpc) is 3.19. The highest BCUT2D eigenvalue weighted by Gasteiger charge is 2.44. The first-order chi connectivity index (χ1) is 12.5. The second-order valence-electron chi connectivity index (χ2n) is 7.13. The fourth-order valence-corrected chi connectivity index (χ4v) is 3.81. The summed E-state index contributed by atoms with van der Waals surface area (Å²) in [4.78, 5) is 4.56. The first kappa shape index (κ1) is 22.1. The van der Waals surface area contributed by atoms with Crippen LogP contribution >= 0.6 is 35.3 Å². The molecule has 1 fully saturated rings. The molecular weight excluding hydrogens is 476 g/mol. The molecule has 1 heterocycles. The van der Waals surface area contributed by atoms with E-state index in [2.05, 4.69) is 15.6 Å². The van der Waals surface area contributed by atoms with Crippen LogP contribution in [-0.2, 0) is 11.0 Å². The van der Waals surface area contributed by atoms with Crippen LogP contribution in [0.4, 0.5) is 4.39 Å². The average molecular weight is 503 g/mol. The van der Waals surface area contributed by atoms with Gasteiger partial charge in [-0.25, -0.2) is 9.38 Å². The number of aliphatic hydroxyl groups is 1. The van der Waals surface area contributed by atoms with Gasteiger partial charge in [0, 0.05) is 18.5 Å². The zero-order valence-electron chi connectivity index (χ0n) is 15.7. The molecule has 3 N–H and O–H groups in total. The quantitative estimate of drug-likeness (QED) is 0.304. The molecule has 4 nitrogen and oxygen atoms in total. The Morgan fingerprint density at radius 2 is 2.11 bits per heavy atom. The second-order valence-corrected chi connectivity index (χ2v) is 7.91. The van der Waals surface area contributed by atoms with Crippen LogP contribution in [0.5, 0.6) is 0 Å². The van der Waals surface area contributed by atoms with E-state index in [-0.39, 0.29) is 41.8 Å². The van der Waals surface area contributed by atoms with Crippen LogP contribution in [-0.4, -0.2) is 30.7 Å². The molecule has 0 bridgehead atoms. The van der Waals surface area contributed by atoms with Gasteiger partial charge in [-0.05, 0) is 66.8 Å². The fourth-order valence-electron chi connectivity index (χ4n) is 3.03. The van der Waals surface area contributed by atoms with Gasteiger partial charge in [0.15, 0.2) is 5.96 Å². The molecule has 0 amide bonds. The van der Waals surface area contributed by atoms with E-state index in [1.54, 1.807) is 30.4 Å². The Balaban J connectivity index is 0.00000261. The van der Waals surface area contributed by atoms with Crippen molar-refractivity contribution in [2.45, 2.75) is 37.7 Å². The molecular formula is C20H27FIN3OS. The molecule has 1 unspecified atom stereocenters. The number of halogens is 2. The van der Waals surface area contributed by atoms with Crippen LogP contribution in [0.25, 0.3) is 0 Å². The smallest absolute Gasteiger partial charge is 0.191 e. The van der Waals surface area contributed by atoms with Gasteiger partial charge in [-0.3, -0.25) is 0 Å². The monoisotopic (exact) mass is 503 g/mol. The molecule has 0 radical (unpaired) electrons. The molecule has 2 aromatic rings. The second kappa shape index (κ2) is 9.34. The van der Waals surface area contributed by atoms with E-state index in [4.69, 9.17) is 0 Å². The molecule has 1 aliphatic carbocycles. The molecule has 0 aliphatic heterocycles. The topological polar surface area (TPSA) is 56.7 Å². The highest BCUT2D eigenvalue weighted by atomic mass is 127. The zero-order valence-corrected chi connectivity index (χ0v) is 18.8. The standard InChI is InChI=1S/C20H26FN3OS.HI/c1-3-22-18(23-13-19(2,25)16-7-10-26-12-16)24-14-20(8-9-20)15-5-4-6-17(21)11-15;/h4-7,10-12,25H,3,8-9,13-14H2,1-2H3,(H2,22,23,24);1H. The van der Waals surface area contributed by atoms with Crippen LogP contribution in [0.1, 0.15) is 37.8 Å². The molecule has 0 spiro atoms. The van der Waals surface area contributed by atoms with E-state index in [0.717, 1.165) is 30.5 Å². The number of benzene rings is 1. The van der Waals surface area contributed by atoms with Gasteiger partial charge in [0.05, 0.1) is 6.54 Å². The van der Waals surface area contributed by atoms with Crippen LogP contribution in [0.2, 0.25) is 0 Å². The predicted molar refractivity (Wildman–Crippen MR) is 121 cm³/mol. The number of thiophene rings is 1. The van der Waals surface area contributed by atoms with Crippen LogP contribution in [0, 0.1) is 5.82 Å². The van der Waals surface area contributed by atoms with Crippen molar-refractivity contribution in [3.05, 3.63) is 58.0 Å². The first-order valence-electron chi connectivity index (χ1n) is 8.98. The minimum Gasteiger partial charge on any atom is -0.383 e. The number of rotatable bonds is 7. The van der Waals surface area contributed by atoms with E-state index >= 15 is 0 Å². The summed E-state index contributed by atoms with van der Waals surface area (Å²) >= 11 is 1.56. The number of nitrogens with one attached hydrogen (secondary N) is 2. The molecule has 1 aliphatic rings. The van der Waals surface area contributed by atoms with E-state index in [9.17, 15) is 9.50 Å². The van der Waals surface area contributed by atoms with Gasteiger partial charge < -0.3 is 15.7 Å². The summed E-state index contributed by atoms with van der Waals surface area (Å²) in [6.07, 6.45) is 2.07. The summed E-state index contributed by atoms with van der Waals surface area (Å²) in [5.74, 6) is 0.479. The molecule has 27 heavy (non-hydrogen) atoms. The summed E-state index contributed by atoms with van der Waals surface area (Å²) in [5, 5.41) is 21.1. The zero-order chi connectivity index (χ0) is 18.6. The van der Waals surface area contributed by atoms with Crippen molar-refractivity contribution in [2.75, 3.05) is 19.6 Å². The molecule has 0 saturated heterocycles. The van der Waals surface area contributed by atoms with Gasteiger partial charge in [-0.15, -0.1) is 24.0 Å². The van der Waals surface area contributed by atoms with Crippen molar-refractivity contribution >= 4 is 41.3 Å². The van der Waals surface area contributed by atoms with Crippen LogP contribution in [0.3, 0.4) is 0 Å². The lowest BCUT2D eigenvalue weighted by Crippen LogP contribution is -2.42. The lowest BCUT2D eigenvalue weighted by Gasteiger charge is -2.22. The Labute approximate surface area is 181 Å². The molecule has 1 aromatic heterocycles. The van der Waals surface area contributed by atoms with E-state index in [1.807, 2.05) is 29.8 Å². The maximum atomic E-state index is 13.5. The van der Waals surface area contributed by atoms with Crippen molar-refractivity contribution in [1.82, 2.24) is 10.6 Å². The summed E-state index contributed by atoms with van der Waals surface area (Å²) in [6.45, 7) is 5.49. The van der Waals surface area contributed by atoms with Crippen molar-refractivity contribution in [1.29, 1.82) is 0 Å². The van der Waals surface area contributed by atoms with Gasteiger partial charge in [0.1, 0.15) is 11.4 Å². The van der Waals surface area contributed by atoms with Gasteiger partial charge in [0.25, 0.3) is 0 Å². The Morgan fingerprint density at radius 3 is 2.70 bits per heavy atom. The molecule has 7 heteroatoms. The Hall–Kier alpha value is -1.19. The normalized spacial score (nSPS) is 17.6. The molecule has 1 aromatic carbocycles. The van der Waals surface area contributed by atoms with E-state index in [1.165, 1.54) is 6.07 Å². The third-order valence-electron chi connectivity index (χ3n) is 4.92. The summed E-state index contributed by atoms with van der Waals surface area (Å²) in [5.41, 5.74) is 0.891. The highest BCUT2D eigenvalue weighted by molar-refractivity contribution is 14.0. The SMILES string of the molecule is CCNC(=NCC(C)(O)c1ccsc1)NCC1(c2cccc(F)c2)CC1.I. The number of nitrogens with zero attached hydrogens (tertiary/aromatic N) is 1. The molecule has 1 saturated carbocycles. The third-order valence-corrected chi connectivity index (χ3v) is 5.60. The first-order valence-corrected chi connectivity index (χ1v) is 9.93. The largest absolute Gasteiger partial charge is 0.383 e. The maximum absolute atomic E-state index is 13.5. The summed E-state index contributed by atoms with van der Waals surface area (Å²) < 4.78 is 13.5. The molecule has 3 rings (SSSR count). The number of guanidine groups is 1. The van der Waals surface area contributed by atoms with Crippen molar-refractivity contribution in [3.8, 4) is 0 Å². The number of aliphatic imine (C=N–C) groups is 1. The summed E-state index contributed by atoms with van der Waals surface area (Å²) in [6, 6.07) is 8.78. The Bertz CT molecular complexity index is 760. The minimum atomic E-state index is -0.998. The Kier molecular flexibility index (Phi) is 7.64. The van der Waals surface area contributed by atoms with Gasteiger partial charge in [0.2, 0.25) is 0 Å². The Morgan fingerprint density at radius 1 is 1.33 bits per heavy atom. The highest BCUT2D eigenvalue weighted by Crippen LogP contribution is 2.47. The van der Waals surface area contributed by atoms with Gasteiger partial charge in [-0.1, -0.05) is 12.1 Å². The molecule has 1 atom stereocenters. The summed E-state index contributed by atoms with van der Waals surface area (Å²) in [7, 11) is 0. The molecule has 148 valence electrons. The maximum Gasteiger partial charge on any atom is 0.191 e. The fraction of sp³-hybridized carbons (Fsp3) is 0.450. The van der Waals surface area contributed by atoms with E-state index in [0.29, 0.717) is 12.5 Å². The number of hydrogen-bond donors (Lipinski definition) is 3. The third kappa shape index (κ3) is 5.65. The van der Waals surface area contributed by atoms with Gasteiger partial charge in [-0.2, -0.15) is 11.3 Å². The van der Waals surface area contributed by atoms with Crippen molar-refractivity contribution < 1.29 is 9.50 Å².